The second-order valence-corrected chi connectivity index (χ2v) is 9.12. The Morgan fingerprint density at radius 1 is 1.06 bits per heavy atom. The van der Waals surface area contributed by atoms with Crippen LogP contribution >= 0.6 is 0 Å². The lowest BCUT2D eigenvalue weighted by Gasteiger charge is -2.25. The lowest BCUT2D eigenvalue weighted by molar-refractivity contribution is -0.384. The predicted molar refractivity (Wildman–Crippen MR) is 138 cm³/mol. The molecule has 0 saturated heterocycles. The second-order valence-electron chi connectivity index (χ2n) is 8.21. The van der Waals surface area contributed by atoms with E-state index in [9.17, 15) is 24.0 Å². The molecule has 1 heterocycles. The van der Waals surface area contributed by atoms with E-state index in [0.717, 1.165) is 33.9 Å². The number of aromatic hydroxyl groups is 1. The Labute approximate surface area is 205 Å². The Kier molecular flexibility index (Phi) is 7.38. The molecular weight excluding hydrogens is 466 g/mol. The number of rotatable bonds is 9. The van der Waals surface area contributed by atoms with E-state index in [1.165, 1.54) is 16.4 Å². The quantitative estimate of drug-likeness (QED) is 0.167. The molecule has 2 N–H and O–H groups in total. The average Bonchev–Trinajstić information content (AvgIpc) is 2.86. The van der Waals surface area contributed by atoms with Crippen LogP contribution in [-0.2, 0) is 11.3 Å². The molecule has 180 valence electrons. The van der Waals surface area contributed by atoms with E-state index in [4.69, 9.17) is 0 Å². The Morgan fingerprint density at radius 2 is 1.77 bits per heavy atom. The minimum atomic E-state index is -2.28. The fraction of sp³-hybridized carbons (Fsp3) is 0.192. The molecule has 0 radical (unpaired) electrons. The van der Waals surface area contributed by atoms with E-state index in [1.807, 2.05) is 25.1 Å². The van der Waals surface area contributed by atoms with Crippen molar-refractivity contribution in [1.82, 2.24) is 4.98 Å². The van der Waals surface area contributed by atoms with Crippen molar-refractivity contribution in [3.8, 4) is 16.9 Å². The van der Waals surface area contributed by atoms with Crippen LogP contribution in [0.15, 0.2) is 79.1 Å². The van der Waals surface area contributed by atoms with E-state index < -0.39 is 16.2 Å². The summed E-state index contributed by atoms with van der Waals surface area (Å²) in [5.41, 5.74) is 3.28. The molecule has 1 aromatic heterocycles. The smallest absolute Gasteiger partial charge is 0.269 e. The summed E-state index contributed by atoms with van der Waals surface area (Å²) in [6.45, 7) is 2.33. The standard InChI is InChI=1S/C26H25N3O5S/c1-2-18(19-3-7-23(8-4-19)29(31)32)12-14-28(35(33)34)26-16-21(20-5-9-24(30)10-6-20)15-22-17-27-13-11-25(22)26/h3-11,13,15-18,30H,2,12,14H2,1H3,(H,33,34). The van der Waals surface area contributed by atoms with Crippen molar-refractivity contribution in [2.24, 2.45) is 0 Å². The van der Waals surface area contributed by atoms with Gasteiger partial charge in [0.2, 0.25) is 0 Å². The summed E-state index contributed by atoms with van der Waals surface area (Å²) in [5, 5.41) is 22.2. The lowest BCUT2D eigenvalue weighted by atomic mass is 9.93. The molecule has 0 fully saturated rings. The molecule has 35 heavy (non-hydrogen) atoms. The first-order valence-corrected chi connectivity index (χ1v) is 12.2. The zero-order valence-corrected chi connectivity index (χ0v) is 19.9. The average molecular weight is 492 g/mol. The topological polar surface area (TPSA) is 117 Å². The Hall–Kier alpha value is -3.82. The molecule has 3 aromatic carbocycles. The highest BCUT2D eigenvalue weighted by molar-refractivity contribution is 7.80. The van der Waals surface area contributed by atoms with E-state index in [1.54, 1.807) is 48.8 Å². The summed E-state index contributed by atoms with van der Waals surface area (Å²) in [6, 6.07) is 18.9. The molecule has 0 amide bonds. The van der Waals surface area contributed by atoms with Crippen molar-refractivity contribution in [2.75, 3.05) is 10.8 Å². The van der Waals surface area contributed by atoms with E-state index in [-0.39, 0.29) is 17.4 Å². The number of pyridine rings is 1. The summed E-state index contributed by atoms with van der Waals surface area (Å²) in [6.07, 6.45) is 4.72. The van der Waals surface area contributed by atoms with Crippen LogP contribution in [0.3, 0.4) is 0 Å². The van der Waals surface area contributed by atoms with Crippen molar-refractivity contribution in [2.45, 2.75) is 25.7 Å². The summed E-state index contributed by atoms with van der Waals surface area (Å²) in [7, 11) is 0. The second kappa shape index (κ2) is 10.6. The number of phenols is 1. The first-order valence-electron chi connectivity index (χ1n) is 11.2. The molecule has 4 aromatic rings. The largest absolute Gasteiger partial charge is 0.508 e. The predicted octanol–water partition coefficient (Wildman–Crippen LogP) is 6.04. The van der Waals surface area contributed by atoms with Crippen LogP contribution in [0.1, 0.15) is 31.2 Å². The number of hydrogen-bond acceptors (Lipinski definition) is 5. The molecule has 2 atom stereocenters. The minimum Gasteiger partial charge on any atom is -0.508 e. The van der Waals surface area contributed by atoms with E-state index in [0.29, 0.717) is 18.7 Å². The first-order chi connectivity index (χ1) is 16.9. The van der Waals surface area contributed by atoms with Gasteiger partial charge < -0.3 is 5.11 Å². The highest BCUT2D eigenvalue weighted by atomic mass is 32.2. The Morgan fingerprint density at radius 3 is 2.40 bits per heavy atom. The SMILES string of the molecule is CCC(CCN(c1cc(-c2ccc(O)cc2)cc2cnccc12)S(=O)O)c1ccc([N+](=O)[O-])cc1. The van der Waals surface area contributed by atoms with Gasteiger partial charge in [0.15, 0.2) is 0 Å². The number of anilines is 1. The molecule has 0 bridgehead atoms. The number of fused-ring (bicyclic) bond motifs is 1. The van der Waals surface area contributed by atoms with Gasteiger partial charge in [-0.25, -0.2) is 4.21 Å². The van der Waals surface area contributed by atoms with E-state index >= 15 is 0 Å². The van der Waals surface area contributed by atoms with Crippen LogP contribution in [0.4, 0.5) is 11.4 Å². The maximum Gasteiger partial charge on any atom is 0.269 e. The number of benzene rings is 3. The van der Waals surface area contributed by atoms with Crippen LogP contribution in [0.2, 0.25) is 0 Å². The number of phenolic OH excluding ortho intramolecular Hbond substituents is 1. The Balaban J connectivity index is 1.68. The Bertz CT molecular complexity index is 1360. The number of nitro benzene ring substituents is 1. The normalized spacial score (nSPS) is 12.9. The third-order valence-electron chi connectivity index (χ3n) is 6.14. The summed E-state index contributed by atoms with van der Waals surface area (Å²) in [4.78, 5) is 14.8. The molecule has 8 nitrogen and oxygen atoms in total. The molecule has 2 unspecified atom stereocenters. The summed E-state index contributed by atoms with van der Waals surface area (Å²) >= 11 is -2.28. The van der Waals surface area contributed by atoms with Crippen molar-refractivity contribution in [3.63, 3.8) is 0 Å². The fourth-order valence-electron chi connectivity index (χ4n) is 4.25. The number of nitrogens with zero attached hydrogens (tertiary/aromatic N) is 3. The van der Waals surface area contributed by atoms with Gasteiger partial charge in [0.05, 0.1) is 10.6 Å². The first kappa shape index (κ1) is 24.3. The number of non-ortho nitro benzene ring substituents is 1. The maximum absolute atomic E-state index is 12.5. The molecule has 0 aliphatic heterocycles. The molecule has 0 aliphatic carbocycles. The zero-order chi connectivity index (χ0) is 24.9. The molecule has 9 heteroatoms. The summed E-state index contributed by atoms with van der Waals surface area (Å²) in [5.74, 6) is 0.224. The molecular formula is C26H25N3O5S. The zero-order valence-electron chi connectivity index (χ0n) is 19.1. The van der Waals surface area contributed by atoms with Gasteiger partial charge in [0.1, 0.15) is 5.75 Å². The van der Waals surface area contributed by atoms with Crippen molar-refractivity contribution < 1.29 is 18.8 Å². The monoisotopic (exact) mass is 491 g/mol. The number of hydrogen-bond donors (Lipinski definition) is 2. The fourth-order valence-corrected chi connectivity index (χ4v) is 4.83. The molecule has 0 saturated carbocycles. The van der Waals surface area contributed by atoms with Crippen LogP contribution < -0.4 is 4.31 Å². The van der Waals surface area contributed by atoms with Crippen LogP contribution in [0.25, 0.3) is 21.9 Å². The van der Waals surface area contributed by atoms with Crippen LogP contribution in [-0.4, -0.2) is 30.3 Å². The lowest BCUT2D eigenvalue weighted by Crippen LogP contribution is -2.27. The molecule has 4 rings (SSSR count). The van der Waals surface area contributed by atoms with Gasteiger partial charge in [0, 0.05) is 41.8 Å². The number of nitro groups is 1. The van der Waals surface area contributed by atoms with Crippen molar-refractivity contribution in [3.05, 3.63) is 94.8 Å². The minimum absolute atomic E-state index is 0.0350. The van der Waals surface area contributed by atoms with Gasteiger partial charge in [-0.2, -0.15) is 0 Å². The van der Waals surface area contributed by atoms with Gasteiger partial charge in [-0.1, -0.05) is 31.2 Å². The third kappa shape index (κ3) is 5.47. The highest BCUT2D eigenvalue weighted by Crippen LogP contribution is 2.35. The van der Waals surface area contributed by atoms with Gasteiger partial charge in [-0.3, -0.25) is 24.0 Å². The van der Waals surface area contributed by atoms with E-state index in [2.05, 4.69) is 4.98 Å². The molecule has 0 spiro atoms. The molecule has 0 aliphatic rings. The van der Waals surface area contributed by atoms with Gasteiger partial charge in [-0.05, 0) is 65.8 Å². The number of aromatic nitrogens is 1. The van der Waals surface area contributed by atoms with Crippen LogP contribution in [0.5, 0.6) is 5.75 Å². The van der Waals surface area contributed by atoms with Gasteiger partial charge >= 0.3 is 0 Å². The van der Waals surface area contributed by atoms with Crippen molar-refractivity contribution in [1.29, 1.82) is 0 Å². The van der Waals surface area contributed by atoms with Crippen molar-refractivity contribution >= 4 is 33.4 Å². The van der Waals surface area contributed by atoms with Crippen LogP contribution in [0, 0.1) is 10.1 Å². The third-order valence-corrected chi connectivity index (χ3v) is 6.89. The maximum atomic E-state index is 12.5. The highest BCUT2D eigenvalue weighted by Gasteiger charge is 2.20. The van der Waals surface area contributed by atoms with Gasteiger partial charge in [0.25, 0.3) is 17.0 Å². The summed E-state index contributed by atoms with van der Waals surface area (Å²) < 4.78 is 24.2. The van der Waals surface area contributed by atoms with Gasteiger partial charge in [-0.15, -0.1) is 0 Å².